The molecule has 0 amide bonds. The number of aliphatic hydroxyl groups excluding tert-OH is 1. The van der Waals surface area contributed by atoms with E-state index in [1.807, 2.05) is 37.3 Å². The highest BCUT2D eigenvalue weighted by Crippen LogP contribution is 2.23. The summed E-state index contributed by atoms with van der Waals surface area (Å²) in [6.45, 7) is 6.42. The third-order valence-corrected chi connectivity index (χ3v) is 3.33. The minimum Gasteiger partial charge on any atom is -0.489 e. The first-order valence-corrected chi connectivity index (χ1v) is 6.54. The lowest BCUT2D eigenvalue weighted by Crippen LogP contribution is -2.00. The standard InChI is InChI=1S/C17H20O2/c1-12-6-4-5-7-16(12)11-19-17-9-8-15(14(3)18)10-13(17)2/h4-10,14,18H,11H2,1-3H3/t14-/m1/s1. The lowest BCUT2D eigenvalue weighted by atomic mass is 10.1. The molecule has 0 spiro atoms. The number of ether oxygens (including phenoxy) is 1. The maximum atomic E-state index is 9.54. The van der Waals surface area contributed by atoms with Gasteiger partial charge < -0.3 is 9.84 Å². The van der Waals surface area contributed by atoms with Crippen LogP contribution in [0.4, 0.5) is 0 Å². The van der Waals surface area contributed by atoms with Crippen molar-refractivity contribution in [2.45, 2.75) is 33.5 Å². The van der Waals surface area contributed by atoms with Gasteiger partial charge in [0.05, 0.1) is 6.10 Å². The van der Waals surface area contributed by atoms with E-state index >= 15 is 0 Å². The molecule has 0 fully saturated rings. The normalized spacial score (nSPS) is 12.2. The smallest absolute Gasteiger partial charge is 0.122 e. The van der Waals surface area contributed by atoms with Gasteiger partial charge in [-0.25, -0.2) is 0 Å². The summed E-state index contributed by atoms with van der Waals surface area (Å²) in [5.74, 6) is 0.868. The second-order valence-corrected chi connectivity index (χ2v) is 4.92. The van der Waals surface area contributed by atoms with Gasteiger partial charge in [-0.05, 0) is 55.2 Å². The molecule has 1 atom stereocenters. The van der Waals surface area contributed by atoms with Crippen LogP contribution in [0.15, 0.2) is 42.5 Å². The van der Waals surface area contributed by atoms with Crippen LogP contribution in [-0.4, -0.2) is 5.11 Å². The van der Waals surface area contributed by atoms with Crippen molar-refractivity contribution in [2.24, 2.45) is 0 Å². The lowest BCUT2D eigenvalue weighted by molar-refractivity contribution is 0.199. The van der Waals surface area contributed by atoms with Crippen LogP contribution < -0.4 is 4.74 Å². The summed E-state index contributed by atoms with van der Waals surface area (Å²) in [7, 11) is 0. The van der Waals surface area contributed by atoms with Crippen LogP contribution in [0.1, 0.15) is 35.3 Å². The van der Waals surface area contributed by atoms with E-state index in [-0.39, 0.29) is 0 Å². The summed E-state index contributed by atoms with van der Waals surface area (Å²) in [4.78, 5) is 0. The van der Waals surface area contributed by atoms with Gasteiger partial charge >= 0.3 is 0 Å². The van der Waals surface area contributed by atoms with Gasteiger partial charge in [-0.15, -0.1) is 0 Å². The molecular weight excluding hydrogens is 236 g/mol. The Morgan fingerprint density at radius 2 is 1.79 bits per heavy atom. The Labute approximate surface area is 114 Å². The predicted octanol–water partition coefficient (Wildman–Crippen LogP) is 3.94. The van der Waals surface area contributed by atoms with E-state index in [1.165, 1.54) is 11.1 Å². The minimum absolute atomic E-state index is 0.441. The molecule has 0 saturated carbocycles. The predicted molar refractivity (Wildman–Crippen MR) is 77.3 cm³/mol. The molecule has 1 N–H and O–H groups in total. The van der Waals surface area contributed by atoms with Gasteiger partial charge in [0.2, 0.25) is 0 Å². The van der Waals surface area contributed by atoms with Crippen molar-refractivity contribution in [3.8, 4) is 5.75 Å². The second-order valence-electron chi connectivity index (χ2n) is 4.92. The largest absolute Gasteiger partial charge is 0.489 e. The van der Waals surface area contributed by atoms with E-state index < -0.39 is 6.10 Å². The molecule has 0 radical (unpaired) electrons. The highest BCUT2D eigenvalue weighted by atomic mass is 16.5. The van der Waals surface area contributed by atoms with E-state index in [2.05, 4.69) is 19.1 Å². The molecule has 0 aliphatic carbocycles. The Morgan fingerprint density at radius 1 is 1.05 bits per heavy atom. The number of hydrogen-bond donors (Lipinski definition) is 1. The van der Waals surface area contributed by atoms with Crippen LogP contribution in [0.25, 0.3) is 0 Å². The number of aliphatic hydroxyl groups is 1. The molecule has 0 unspecified atom stereocenters. The van der Waals surface area contributed by atoms with Gasteiger partial charge in [0.1, 0.15) is 12.4 Å². The topological polar surface area (TPSA) is 29.5 Å². The monoisotopic (exact) mass is 256 g/mol. The Morgan fingerprint density at radius 3 is 2.42 bits per heavy atom. The Kier molecular flexibility index (Phi) is 4.23. The van der Waals surface area contributed by atoms with Crippen LogP contribution in [0.5, 0.6) is 5.75 Å². The zero-order chi connectivity index (χ0) is 13.8. The van der Waals surface area contributed by atoms with Crippen molar-refractivity contribution in [1.29, 1.82) is 0 Å². The van der Waals surface area contributed by atoms with Crippen LogP contribution in [0.3, 0.4) is 0 Å². The van der Waals surface area contributed by atoms with Crippen molar-refractivity contribution in [3.63, 3.8) is 0 Å². The number of benzene rings is 2. The fraction of sp³-hybridized carbons (Fsp3) is 0.294. The lowest BCUT2D eigenvalue weighted by Gasteiger charge is -2.13. The molecule has 2 nitrogen and oxygen atoms in total. The van der Waals surface area contributed by atoms with Gasteiger partial charge in [0.25, 0.3) is 0 Å². The van der Waals surface area contributed by atoms with Crippen LogP contribution in [0.2, 0.25) is 0 Å². The van der Waals surface area contributed by atoms with E-state index in [9.17, 15) is 5.11 Å². The first kappa shape index (κ1) is 13.6. The molecule has 100 valence electrons. The fourth-order valence-corrected chi connectivity index (χ4v) is 2.02. The average Bonchev–Trinajstić information content (AvgIpc) is 2.39. The summed E-state index contributed by atoms with van der Waals surface area (Å²) in [5, 5.41) is 9.54. The molecule has 0 saturated heterocycles. The summed E-state index contributed by atoms with van der Waals surface area (Å²) < 4.78 is 5.86. The first-order chi connectivity index (χ1) is 9.08. The van der Waals surface area contributed by atoms with Crippen LogP contribution in [0, 0.1) is 13.8 Å². The molecular formula is C17H20O2. The number of aryl methyl sites for hydroxylation is 2. The van der Waals surface area contributed by atoms with Crippen LogP contribution >= 0.6 is 0 Å². The molecule has 0 aliphatic heterocycles. The maximum absolute atomic E-state index is 9.54. The summed E-state index contributed by atoms with van der Waals surface area (Å²) in [5.41, 5.74) is 4.40. The van der Waals surface area contributed by atoms with E-state index in [1.54, 1.807) is 6.92 Å². The van der Waals surface area contributed by atoms with Gasteiger partial charge in [0.15, 0.2) is 0 Å². The molecule has 0 aliphatic rings. The fourth-order valence-electron chi connectivity index (χ4n) is 2.02. The van der Waals surface area contributed by atoms with Gasteiger partial charge in [0, 0.05) is 0 Å². The highest BCUT2D eigenvalue weighted by Gasteiger charge is 2.06. The van der Waals surface area contributed by atoms with Gasteiger partial charge in [-0.1, -0.05) is 30.3 Å². The number of hydrogen-bond acceptors (Lipinski definition) is 2. The molecule has 2 rings (SSSR count). The minimum atomic E-state index is -0.441. The third-order valence-electron chi connectivity index (χ3n) is 3.33. The zero-order valence-electron chi connectivity index (χ0n) is 11.7. The first-order valence-electron chi connectivity index (χ1n) is 6.54. The Bertz CT molecular complexity index is 559. The maximum Gasteiger partial charge on any atom is 0.122 e. The quantitative estimate of drug-likeness (QED) is 0.898. The SMILES string of the molecule is Cc1ccccc1COc1ccc([C@@H](C)O)cc1C. The second kappa shape index (κ2) is 5.89. The van der Waals surface area contributed by atoms with Gasteiger partial charge in [-0.2, -0.15) is 0 Å². The Hall–Kier alpha value is -1.80. The zero-order valence-corrected chi connectivity index (χ0v) is 11.7. The molecule has 0 heterocycles. The molecule has 2 aromatic rings. The highest BCUT2D eigenvalue weighted by molar-refractivity contribution is 5.37. The van der Waals surface area contributed by atoms with E-state index in [0.29, 0.717) is 6.61 Å². The molecule has 0 aromatic heterocycles. The van der Waals surface area contributed by atoms with E-state index in [4.69, 9.17) is 4.74 Å². The van der Waals surface area contributed by atoms with E-state index in [0.717, 1.165) is 16.9 Å². The molecule has 2 heteroatoms. The molecule has 0 bridgehead atoms. The molecule has 19 heavy (non-hydrogen) atoms. The van der Waals surface area contributed by atoms with Gasteiger partial charge in [-0.3, -0.25) is 0 Å². The Balaban J connectivity index is 2.10. The van der Waals surface area contributed by atoms with Crippen LogP contribution in [-0.2, 0) is 6.61 Å². The number of rotatable bonds is 4. The van der Waals surface area contributed by atoms with Crippen molar-refractivity contribution < 1.29 is 9.84 Å². The van der Waals surface area contributed by atoms with Crippen molar-refractivity contribution >= 4 is 0 Å². The summed E-state index contributed by atoms with van der Waals surface area (Å²) in [6.07, 6.45) is -0.441. The van der Waals surface area contributed by atoms with Crippen molar-refractivity contribution in [1.82, 2.24) is 0 Å². The summed E-state index contributed by atoms with van der Waals surface area (Å²) in [6, 6.07) is 14.0. The molecule has 2 aromatic carbocycles. The van der Waals surface area contributed by atoms with Crippen molar-refractivity contribution in [2.75, 3.05) is 0 Å². The van der Waals surface area contributed by atoms with Crippen molar-refractivity contribution in [3.05, 3.63) is 64.7 Å². The third kappa shape index (κ3) is 3.36. The summed E-state index contributed by atoms with van der Waals surface area (Å²) >= 11 is 0. The average molecular weight is 256 g/mol.